The van der Waals surface area contributed by atoms with Gasteiger partial charge in [-0.3, -0.25) is 14.9 Å². The molecule has 8 nitrogen and oxygen atoms in total. The summed E-state index contributed by atoms with van der Waals surface area (Å²) in [6.07, 6.45) is -4.56. The highest BCUT2D eigenvalue weighted by atomic mass is 19.4. The van der Waals surface area contributed by atoms with E-state index in [-0.39, 0.29) is 48.9 Å². The number of amides is 2. The van der Waals surface area contributed by atoms with E-state index in [9.17, 15) is 22.8 Å². The quantitative estimate of drug-likeness (QED) is 0.598. The first-order valence-electron chi connectivity index (χ1n) is 10.0. The van der Waals surface area contributed by atoms with Crippen molar-refractivity contribution < 1.29 is 31.9 Å². The number of hydrogen-bond acceptors (Lipinski definition) is 6. The molecule has 1 N–H and O–H groups in total. The minimum absolute atomic E-state index is 0.0665. The SMILES string of the molecule is Cc1ccccc1CC(=O)Nc1nnc([C@H]2CC(=O)N(c3ccc(OC(F)(F)F)cc3)C2)o1. The Kier molecular flexibility index (Phi) is 6.03. The molecule has 172 valence electrons. The molecule has 11 heteroatoms. The summed E-state index contributed by atoms with van der Waals surface area (Å²) >= 11 is 0. The van der Waals surface area contributed by atoms with Crippen molar-refractivity contribution in [2.45, 2.75) is 32.0 Å². The summed E-state index contributed by atoms with van der Waals surface area (Å²) in [6.45, 7) is 2.12. The van der Waals surface area contributed by atoms with Gasteiger partial charge in [-0.15, -0.1) is 18.3 Å². The number of halogens is 3. The number of anilines is 2. The van der Waals surface area contributed by atoms with Gasteiger partial charge in [-0.2, -0.15) is 0 Å². The van der Waals surface area contributed by atoms with Gasteiger partial charge in [0.25, 0.3) is 0 Å². The number of aromatic nitrogens is 2. The van der Waals surface area contributed by atoms with Crippen molar-refractivity contribution in [2.75, 3.05) is 16.8 Å². The van der Waals surface area contributed by atoms with E-state index in [1.54, 1.807) is 0 Å². The molecular formula is C22H19F3N4O4. The van der Waals surface area contributed by atoms with E-state index < -0.39 is 12.3 Å². The number of ether oxygens (including phenoxy) is 1. The maximum absolute atomic E-state index is 12.4. The van der Waals surface area contributed by atoms with E-state index in [1.807, 2.05) is 31.2 Å². The zero-order chi connectivity index (χ0) is 23.6. The first-order chi connectivity index (χ1) is 15.7. The van der Waals surface area contributed by atoms with Crippen LogP contribution in [0.1, 0.15) is 29.4 Å². The number of benzene rings is 2. The number of nitrogens with one attached hydrogen (secondary N) is 1. The molecule has 33 heavy (non-hydrogen) atoms. The summed E-state index contributed by atoms with van der Waals surface area (Å²) < 4.78 is 46.3. The lowest BCUT2D eigenvalue weighted by Gasteiger charge is -2.17. The molecule has 2 aromatic carbocycles. The van der Waals surface area contributed by atoms with Crippen LogP contribution < -0.4 is 15.0 Å². The second-order valence-electron chi connectivity index (χ2n) is 7.54. The number of alkyl halides is 3. The Hall–Kier alpha value is -3.89. The van der Waals surface area contributed by atoms with Crippen LogP contribution in [0.15, 0.2) is 52.9 Å². The van der Waals surface area contributed by atoms with Crippen molar-refractivity contribution in [1.82, 2.24) is 10.2 Å². The van der Waals surface area contributed by atoms with Crippen LogP contribution in [0.25, 0.3) is 0 Å². The molecule has 0 saturated carbocycles. The molecule has 2 heterocycles. The third-order valence-electron chi connectivity index (χ3n) is 5.16. The Labute approximate surface area is 186 Å². The number of aryl methyl sites for hydroxylation is 1. The fraction of sp³-hybridized carbons (Fsp3) is 0.273. The van der Waals surface area contributed by atoms with Gasteiger partial charge < -0.3 is 14.1 Å². The molecule has 1 saturated heterocycles. The van der Waals surface area contributed by atoms with Crippen molar-refractivity contribution in [3.8, 4) is 5.75 Å². The molecule has 4 rings (SSSR count). The van der Waals surface area contributed by atoms with Gasteiger partial charge in [0.2, 0.25) is 17.7 Å². The van der Waals surface area contributed by atoms with Crippen molar-refractivity contribution in [1.29, 1.82) is 0 Å². The Balaban J connectivity index is 1.37. The first-order valence-corrected chi connectivity index (χ1v) is 10.0. The summed E-state index contributed by atoms with van der Waals surface area (Å²) in [5.41, 5.74) is 2.28. The highest BCUT2D eigenvalue weighted by Gasteiger charge is 2.35. The average Bonchev–Trinajstić information content (AvgIpc) is 3.36. The van der Waals surface area contributed by atoms with Gasteiger partial charge in [0.1, 0.15) is 5.75 Å². The summed E-state index contributed by atoms with van der Waals surface area (Å²) in [4.78, 5) is 26.2. The van der Waals surface area contributed by atoms with E-state index in [1.165, 1.54) is 17.0 Å². The van der Waals surface area contributed by atoms with Crippen LogP contribution in [0.5, 0.6) is 5.75 Å². The molecule has 1 atom stereocenters. The largest absolute Gasteiger partial charge is 0.573 e. The number of nitrogens with zero attached hydrogens (tertiary/aromatic N) is 3. The Morgan fingerprint density at radius 1 is 1.18 bits per heavy atom. The number of rotatable bonds is 6. The van der Waals surface area contributed by atoms with Crippen molar-refractivity contribution in [3.05, 3.63) is 65.5 Å². The van der Waals surface area contributed by atoms with E-state index in [4.69, 9.17) is 4.42 Å². The van der Waals surface area contributed by atoms with E-state index in [0.29, 0.717) is 5.69 Å². The Morgan fingerprint density at radius 2 is 1.91 bits per heavy atom. The van der Waals surface area contributed by atoms with Crippen LogP contribution in [0.3, 0.4) is 0 Å². The molecule has 0 bridgehead atoms. The van der Waals surface area contributed by atoms with Gasteiger partial charge in [0.15, 0.2) is 0 Å². The van der Waals surface area contributed by atoms with Crippen molar-refractivity contribution in [2.24, 2.45) is 0 Å². The standard InChI is InChI=1S/C22H19F3N4O4/c1-13-4-2-3-5-14(13)10-18(30)26-21-28-27-20(32-21)15-11-19(31)29(12-15)16-6-8-17(9-7-16)33-22(23,24)25/h2-9,15H,10-12H2,1H3,(H,26,28,30)/t15-/m0/s1. The number of carbonyl (C=O) groups is 2. The molecule has 3 aromatic rings. The zero-order valence-electron chi connectivity index (χ0n) is 17.4. The number of carbonyl (C=O) groups excluding carboxylic acids is 2. The molecule has 2 amide bonds. The summed E-state index contributed by atoms with van der Waals surface area (Å²) in [7, 11) is 0. The van der Waals surface area contributed by atoms with Crippen LogP contribution in [0, 0.1) is 6.92 Å². The molecule has 0 radical (unpaired) electrons. The minimum atomic E-state index is -4.79. The second kappa shape index (κ2) is 8.93. The third kappa shape index (κ3) is 5.48. The molecule has 1 aromatic heterocycles. The van der Waals surface area contributed by atoms with Gasteiger partial charge in [-0.25, -0.2) is 0 Å². The van der Waals surface area contributed by atoms with E-state index >= 15 is 0 Å². The molecule has 1 fully saturated rings. The highest BCUT2D eigenvalue weighted by Crippen LogP contribution is 2.33. The van der Waals surface area contributed by atoms with Crippen LogP contribution in [0.4, 0.5) is 24.9 Å². The van der Waals surface area contributed by atoms with E-state index in [2.05, 4.69) is 20.3 Å². The lowest BCUT2D eigenvalue weighted by Crippen LogP contribution is -2.24. The monoisotopic (exact) mass is 460 g/mol. The van der Waals surface area contributed by atoms with Crippen molar-refractivity contribution in [3.63, 3.8) is 0 Å². The molecule has 0 unspecified atom stereocenters. The normalized spacial score (nSPS) is 16.2. The topological polar surface area (TPSA) is 97.6 Å². The maximum atomic E-state index is 12.4. The summed E-state index contributed by atoms with van der Waals surface area (Å²) in [6, 6.07) is 12.4. The predicted octanol–water partition coefficient (Wildman–Crippen LogP) is 3.98. The third-order valence-corrected chi connectivity index (χ3v) is 5.16. The molecule has 0 spiro atoms. The summed E-state index contributed by atoms with van der Waals surface area (Å²) in [5, 5.41) is 10.3. The lowest BCUT2D eigenvalue weighted by molar-refractivity contribution is -0.274. The Morgan fingerprint density at radius 3 is 2.61 bits per heavy atom. The number of hydrogen-bond donors (Lipinski definition) is 1. The van der Waals surface area contributed by atoms with Crippen LogP contribution in [-0.2, 0) is 16.0 Å². The van der Waals surface area contributed by atoms with Crippen molar-refractivity contribution >= 4 is 23.5 Å². The maximum Gasteiger partial charge on any atom is 0.573 e. The van der Waals surface area contributed by atoms with Gasteiger partial charge in [-0.05, 0) is 42.3 Å². The predicted molar refractivity (Wildman–Crippen MR) is 111 cm³/mol. The molecule has 1 aliphatic heterocycles. The first kappa shape index (κ1) is 22.3. The zero-order valence-corrected chi connectivity index (χ0v) is 17.4. The lowest BCUT2D eigenvalue weighted by atomic mass is 10.1. The fourth-order valence-electron chi connectivity index (χ4n) is 3.55. The average molecular weight is 460 g/mol. The van der Waals surface area contributed by atoms with Gasteiger partial charge in [0.05, 0.1) is 12.3 Å². The highest BCUT2D eigenvalue weighted by molar-refractivity contribution is 5.96. The van der Waals surface area contributed by atoms with Crippen LogP contribution >= 0.6 is 0 Å². The van der Waals surface area contributed by atoms with Gasteiger partial charge >= 0.3 is 12.4 Å². The van der Waals surface area contributed by atoms with Crippen LogP contribution in [-0.4, -0.2) is 34.9 Å². The molecule has 1 aliphatic rings. The summed E-state index contributed by atoms with van der Waals surface area (Å²) in [5.74, 6) is -1.16. The smallest absolute Gasteiger partial charge is 0.407 e. The van der Waals surface area contributed by atoms with Gasteiger partial charge in [-0.1, -0.05) is 29.4 Å². The van der Waals surface area contributed by atoms with E-state index in [0.717, 1.165) is 23.3 Å². The minimum Gasteiger partial charge on any atom is -0.407 e. The fourth-order valence-corrected chi connectivity index (χ4v) is 3.55. The Bertz CT molecular complexity index is 1160. The second-order valence-corrected chi connectivity index (χ2v) is 7.54. The molecular weight excluding hydrogens is 441 g/mol. The molecule has 0 aliphatic carbocycles. The van der Waals surface area contributed by atoms with Crippen LogP contribution in [0.2, 0.25) is 0 Å². The van der Waals surface area contributed by atoms with Gasteiger partial charge in [0, 0.05) is 18.7 Å².